The van der Waals surface area contributed by atoms with E-state index in [1.54, 1.807) is 7.11 Å². The summed E-state index contributed by atoms with van der Waals surface area (Å²) in [4.78, 5) is 11.2. The Labute approximate surface area is 115 Å². The van der Waals surface area contributed by atoms with Crippen LogP contribution in [0.3, 0.4) is 0 Å². The van der Waals surface area contributed by atoms with Crippen molar-refractivity contribution in [3.8, 4) is 5.75 Å². The molecule has 19 heavy (non-hydrogen) atoms. The summed E-state index contributed by atoms with van der Waals surface area (Å²) in [5.74, 6) is 1.95. The Morgan fingerprint density at radius 3 is 2.58 bits per heavy atom. The average Bonchev–Trinajstić information content (AvgIpc) is 2.37. The number of ketones is 1. The molecular formula is C16H23NO2. The van der Waals surface area contributed by atoms with Gasteiger partial charge < -0.3 is 10.1 Å². The van der Waals surface area contributed by atoms with Crippen LogP contribution in [0.15, 0.2) is 12.1 Å². The van der Waals surface area contributed by atoms with Crippen LogP contribution in [0.5, 0.6) is 5.75 Å². The summed E-state index contributed by atoms with van der Waals surface area (Å²) in [6.45, 7) is 5.08. The molecule has 1 N–H and O–H groups in total. The number of aryl methyl sites for hydroxylation is 2. The molecule has 0 bridgehead atoms. The van der Waals surface area contributed by atoms with Crippen molar-refractivity contribution >= 4 is 11.5 Å². The molecule has 0 amide bonds. The van der Waals surface area contributed by atoms with Gasteiger partial charge in [-0.3, -0.25) is 4.79 Å². The second-order valence-corrected chi connectivity index (χ2v) is 5.53. The Hall–Kier alpha value is -1.51. The molecule has 0 aliphatic heterocycles. The molecular weight excluding hydrogens is 238 g/mol. The highest BCUT2D eigenvalue weighted by Gasteiger charge is 2.19. The number of carbonyl (C=O) groups excluding carboxylic acids is 1. The van der Waals surface area contributed by atoms with Gasteiger partial charge in [-0.15, -0.1) is 0 Å². The molecule has 2 rings (SSSR count). The van der Waals surface area contributed by atoms with Crippen molar-refractivity contribution in [2.75, 3.05) is 19.0 Å². The number of ether oxygens (including phenoxy) is 1. The van der Waals surface area contributed by atoms with Crippen molar-refractivity contribution in [3.05, 3.63) is 23.3 Å². The highest BCUT2D eigenvalue weighted by atomic mass is 16.5. The van der Waals surface area contributed by atoms with E-state index < -0.39 is 0 Å². The summed E-state index contributed by atoms with van der Waals surface area (Å²) in [6, 6.07) is 4.25. The predicted molar refractivity (Wildman–Crippen MR) is 77.9 cm³/mol. The van der Waals surface area contributed by atoms with Crippen molar-refractivity contribution in [1.29, 1.82) is 0 Å². The first-order valence-corrected chi connectivity index (χ1v) is 7.01. The number of nitrogens with one attached hydrogen (secondary N) is 1. The summed E-state index contributed by atoms with van der Waals surface area (Å²) in [5.41, 5.74) is 3.46. The second kappa shape index (κ2) is 6.09. The maximum atomic E-state index is 11.2. The van der Waals surface area contributed by atoms with Crippen LogP contribution in [-0.4, -0.2) is 19.4 Å². The number of rotatable bonds is 4. The molecule has 0 unspecified atom stereocenters. The molecule has 0 radical (unpaired) electrons. The van der Waals surface area contributed by atoms with Crippen LogP contribution < -0.4 is 10.1 Å². The molecule has 0 spiro atoms. The minimum Gasteiger partial charge on any atom is -0.494 e. The fourth-order valence-electron chi connectivity index (χ4n) is 2.81. The molecule has 1 saturated carbocycles. The van der Waals surface area contributed by atoms with Gasteiger partial charge in [-0.25, -0.2) is 0 Å². The maximum Gasteiger partial charge on any atom is 0.144 e. The molecule has 104 valence electrons. The number of Topliss-reactive ketones (excluding diaryl/α,β-unsaturated/α-hetero) is 1. The zero-order chi connectivity index (χ0) is 13.8. The van der Waals surface area contributed by atoms with E-state index in [0.717, 1.165) is 49.2 Å². The van der Waals surface area contributed by atoms with Gasteiger partial charge in [0.1, 0.15) is 11.5 Å². The van der Waals surface area contributed by atoms with Crippen LogP contribution in [0.2, 0.25) is 0 Å². The van der Waals surface area contributed by atoms with Gasteiger partial charge in [-0.05, 0) is 49.8 Å². The number of hydrogen-bond donors (Lipinski definition) is 1. The highest BCUT2D eigenvalue weighted by molar-refractivity contribution is 5.79. The zero-order valence-corrected chi connectivity index (χ0v) is 12.1. The predicted octanol–water partition coefficient (Wildman–Crippen LogP) is 3.48. The van der Waals surface area contributed by atoms with Crippen molar-refractivity contribution in [1.82, 2.24) is 0 Å². The standard InChI is InChI=1S/C16H23NO2/c1-11-8-12(2)16(19-3)15(9-11)17-10-13-4-6-14(18)7-5-13/h8-9,13,17H,4-7,10H2,1-3H3. The average molecular weight is 261 g/mol. The van der Waals surface area contributed by atoms with Crippen molar-refractivity contribution in [3.63, 3.8) is 0 Å². The summed E-state index contributed by atoms with van der Waals surface area (Å²) in [7, 11) is 1.71. The fourth-order valence-corrected chi connectivity index (χ4v) is 2.81. The van der Waals surface area contributed by atoms with Crippen molar-refractivity contribution < 1.29 is 9.53 Å². The van der Waals surface area contributed by atoms with E-state index in [9.17, 15) is 4.79 Å². The lowest BCUT2D eigenvalue weighted by atomic mass is 9.88. The Balaban J connectivity index is 2.01. The summed E-state index contributed by atoms with van der Waals surface area (Å²) < 4.78 is 5.47. The van der Waals surface area contributed by atoms with Crippen LogP contribution in [0, 0.1) is 19.8 Å². The largest absolute Gasteiger partial charge is 0.494 e. The Kier molecular flexibility index (Phi) is 4.46. The van der Waals surface area contributed by atoms with Gasteiger partial charge in [-0.2, -0.15) is 0 Å². The summed E-state index contributed by atoms with van der Waals surface area (Å²) >= 11 is 0. The van der Waals surface area contributed by atoms with E-state index in [1.807, 2.05) is 0 Å². The third kappa shape index (κ3) is 3.49. The van der Waals surface area contributed by atoms with E-state index in [2.05, 4.69) is 31.3 Å². The molecule has 1 aromatic carbocycles. The molecule has 0 heterocycles. The Bertz CT molecular complexity index is 458. The Morgan fingerprint density at radius 2 is 1.95 bits per heavy atom. The lowest BCUT2D eigenvalue weighted by Crippen LogP contribution is -2.21. The van der Waals surface area contributed by atoms with Gasteiger partial charge >= 0.3 is 0 Å². The number of methoxy groups -OCH3 is 1. The van der Waals surface area contributed by atoms with Crippen LogP contribution in [0.25, 0.3) is 0 Å². The van der Waals surface area contributed by atoms with Crippen LogP contribution in [-0.2, 0) is 4.79 Å². The van der Waals surface area contributed by atoms with Gasteiger partial charge in [0.2, 0.25) is 0 Å². The first kappa shape index (κ1) is 13.9. The van der Waals surface area contributed by atoms with Crippen LogP contribution >= 0.6 is 0 Å². The van der Waals surface area contributed by atoms with E-state index in [0.29, 0.717) is 11.7 Å². The molecule has 1 aromatic rings. The van der Waals surface area contributed by atoms with E-state index in [-0.39, 0.29) is 0 Å². The molecule has 1 fully saturated rings. The van der Waals surface area contributed by atoms with Gasteiger partial charge in [0.25, 0.3) is 0 Å². The molecule has 0 aromatic heterocycles. The fraction of sp³-hybridized carbons (Fsp3) is 0.562. The molecule has 3 nitrogen and oxygen atoms in total. The van der Waals surface area contributed by atoms with Crippen molar-refractivity contribution in [2.24, 2.45) is 5.92 Å². The van der Waals surface area contributed by atoms with E-state index in [1.165, 1.54) is 5.56 Å². The van der Waals surface area contributed by atoms with Gasteiger partial charge in [-0.1, -0.05) is 6.07 Å². The quantitative estimate of drug-likeness (QED) is 0.901. The molecule has 1 aliphatic rings. The van der Waals surface area contributed by atoms with Crippen molar-refractivity contribution in [2.45, 2.75) is 39.5 Å². The first-order valence-electron chi connectivity index (χ1n) is 7.01. The monoisotopic (exact) mass is 261 g/mol. The zero-order valence-electron chi connectivity index (χ0n) is 12.1. The second-order valence-electron chi connectivity index (χ2n) is 5.53. The van der Waals surface area contributed by atoms with Gasteiger partial charge in [0.15, 0.2) is 0 Å². The maximum absolute atomic E-state index is 11.2. The molecule has 3 heteroatoms. The van der Waals surface area contributed by atoms with Gasteiger partial charge in [0.05, 0.1) is 12.8 Å². The third-order valence-corrected chi connectivity index (χ3v) is 3.87. The lowest BCUT2D eigenvalue weighted by molar-refractivity contribution is -0.120. The first-order chi connectivity index (χ1) is 9.10. The van der Waals surface area contributed by atoms with Crippen LogP contribution in [0.1, 0.15) is 36.8 Å². The lowest BCUT2D eigenvalue weighted by Gasteiger charge is -2.23. The Morgan fingerprint density at radius 1 is 1.26 bits per heavy atom. The third-order valence-electron chi connectivity index (χ3n) is 3.87. The topological polar surface area (TPSA) is 38.3 Å². The number of hydrogen-bond acceptors (Lipinski definition) is 3. The normalized spacial score (nSPS) is 16.5. The summed E-state index contributed by atoms with van der Waals surface area (Å²) in [6.07, 6.45) is 3.52. The number of carbonyl (C=O) groups is 1. The minimum absolute atomic E-state index is 0.417. The molecule has 0 saturated heterocycles. The summed E-state index contributed by atoms with van der Waals surface area (Å²) in [5, 5.41) is 3.49. The molecule has 0 atom stereocenters. The smallest absolute Gasteiger partial charge is 0.144 e. The SMILES string of the molecule is COc1c(C)cc(C)cc1NCC1CCC(=O)CC1. The van der Waals surface area contributed by atoms with E-state index >= 15 is 0 Å². The minimum atomic E-state index is 0.417. The van der Waals surface area contributed by atoms with Gasteiger partial charge in [0, 0.05) is 19.4 Å². The van der Waals surface area contributed by atoms with Crippen LogP contribution in [0.4, 0.5) is 5.69 Å². The number of benzene rings is 1. The highest BCUT2D eigenvalue weighted by Crippen LogP contribution is 2.31. The van der Waals surface area contributed by atoms with E-state index in [4.69, 9.17) is 4.74 Å². The molecule has 1 aliphatic carbocycles. The number of anilines is 1.